The van der Waals surface area contributed by atoms with Gasteiger partial charge in [-0.15, -0.1) is 0 Å². The number of amides is 1. The summed E-state index contributed by atoms with van der Waals surface area (Å²) in [6, 6.07) is 3.72. The summed E-state index contributed by atoms with van der Waals surface area (Å²) in [5, 5.41) is 0.582. The number of anilines is 1. The number of carbonyl (C=O) groups is 1. The van der Waals surface area contributed by atoms with E-state index in [1.54, 1.807) is 30.2 Å². The molecule has 2 aliphatic heterocycles. The molecule has 1 fully saturated rings. The Bertz CT molecular complexity index is 934. The molecular formula is C24H30ClN3O3. The third-order valence-corrected chi connectivity index (χ3v) is 5.22. The minimum atomic E-state index is -0.418. The highest BCUT2D eigenvalue weighted by molar-refractivity contribution is 6.33. The molecule has 0 aliphatic carbocycles. The maximum Gasteiger partial charge on any atom is 0.260 e. The molecular weight excluding hydrogens is 414 g/mol. The molecule has 1 aromatic heterocycles. The van der Waals surface area contributed by atoms with Gasteiger partial charge in [0, 0.05) is 34.5 Å². The van der Waals surface area contributed by atoms with E-state index < -0.39 is 5.54 Å². The highest BCUT2D eigenvalue weighted by Crippen LogP contribution is 2.39. The van der Waals surface area contributed by atoms with E-state index in [1.165, 1.54) is 0 Å². The van der Waals surface area contributed by atoms with Crippen LogP contribution in [0.1, 0.15) is 52.5 Å². The maximum absolute atomic E-state index is 13.4. The van der Waals surface area contributed by atoms with Crippen LogP contribution < -0.4 is 4.90 Å². The van der Waals surface area contributed by atoms with E-state index >= 15 is 0 Å². The van der Waals surface area contributed by atoms with Gasteiger partial charge in [0.2, 0.25) is 0 Å². The van der Waals surface area contributed by atoms with E-state index in [0.29, 0.717) is 28.7 Å². The predicted octanol–water partition coefficient (Wildman–Crippen LogP) is 5.25. The van der Waals surface area contributed by atoms with Crippen LogP contribution in [-0.4, -0.2) is 42.7 Å². The Morgan fingerprint density at radius 3 is 2.84 bits per heavy atom. The lowest BCUT2D eigenvalue weighted by Gasteiger charge is -2.31. The van der Waals surface area contributed by atoms with Crippen molar-refractivity contribution in [1.82, 2.24) is 4.98 Å². The molecule has 1 aromatic rings. The number of hydrogen-bond acceptors (Lipinski definition) is 5. The molecule has 1 unspecified atom stereocenters. The Labute approximate surface area is 189 Å². The van der Waals surface area contributed by atoms with Gasteiger partial charge in [-0.2, -0.15) is 0 Å². The second-order valence-corrected chi connectivity index (χ2v) is 9.25. The van der Waals surface area contributed by atoms with E-state index in [9.17, 15) is 4.79 Å². The summed E-state index contributed by atoms with van der Waals surface area (Å²) in [5.41, 5.74) is 2.14. The van der Waals surface area contributed by atoms with Crippen LogP contribution in [-0.2, 0) is 14.3 Å². The van der Waals surface area contributed by atoms with Crippen LogP contribution in [0, 0.1) is 0 Å². The average Bonchev–Trinajstić information content (AvgIpc) is 3.01. The summed E-state index contributed by atoms with van der Waals surface area (Å²) in [6.45, 7) is 12.4. The Hall–Kier alpha value is -2.28. The van der Waals surface area contributed by atoms with Gasteiger partial charge in [-0.1, -0.05) is 11.6 Å². The predicted molar refractivity (Wildman–Crippen MR) is 125 cm³/mol. The first-order valence-corrected chi connectivity index (χ1v) is 10.9. The Morgan fingerprint density at radius 1 is 1.45 bits per heavy atom. The lowest BCUT2D eigenvalue weighted by Crippen LogP contribution is -2.43. The monoisotopic (exact) mass is 443 g/mol. The van der Waals surface area contributed by atoms with Crippen molar-refractivity contribution in [2.45, 2.75) is 58.8 Å². The number of rotatable bonds is 6. The van der Waals surface area contributed by atoms with Crippen molar-refractivity contribution >= 4 is 35.6 Å². The number of carbonyl (C=O) groups excluding carboxylic acids is 1. The van der Waals surface area contributed by atoms with Gasteiger partial charge in [-0.05, 0) is 78.0 Å². The molecule has 0 radical (unpaired) electrons. The molecule has 0 bridgehead atoms. The van der Waals surface area contributed by atoms with Crippen LogP contribution in [0.25, 0.3) is 5.57 Å². The van der Waals surface area contributed by atoms with Crippen LogP contribution in [0.4, 0.5) is 5.82 Å². The number of aliphatic imine (C=N–C) groups is 1. The highest BCUT2D eigenvalue weighted by atomic mass is 35.5. The van der Waals surface area contributed by atoms with Gasteiger partial charge in [-0.25, -0.2) is 4.98 Å². The summed E-state index contributed by atoms with van der Waals surface area (Å²) in [6.07, 6.45) is 7.96. The standard InChI is InChI=1S/C24H30ClN3O3/c1-16(25)13-17(15-31-21-10-6-7-12-30-21)20(26-5)14-19-18-9-8-11-27-22(18)28(23(19)29)24(2,3)4/h8-9,11,13-14,21H,5-7,10,12,15H2,1-4H3/b16-13+,19-14+,20-17+. The van der Waals surface area contributed by atoms with E-state index in [2.05, 4.69) is 16.7 Å². The Morgan fingerprint density at radius 2 is 2.23 bits per heavy atom. The van der Waals surface area contributed by atoms with Crippen LogP contribution in [0.15, 0.2) is 51.8 Å². The number of fused-ring (bicyclic) bond motifs is 1. The fourth-order valence-electron chi connectivity index (χ4n) is 3.71. The normalized spacial score (nSPS) is 21.9. The number of allylic oxidation sites excluding steroid dienone is 2. The third kappa shape index (κ3) is 5.50. The van der Waals surface area contributed by atoms with E-state index in [4.69, 9.17) is 21.1 Å². The average molecular weight is 444 g/mol. The first-order valence-electron chi connectivity index (χ1n) is 10.5. The van der Waals surface area contributed by atoms with E-state index in [-0.39, 0.29) is 18.8 Å². The molecule has 3 rings (SSSR count). The number of ether oxygens (including phenoxy) is 2. The van der Waals surface area contributed by atoms with Gasteiger partial charge in [0.05, 0.1) is 17.9 Å². The zero-order chi connectivity index (χ0) is 22.6. The first-order chi connectivity index (χ1) is 14.7. The molecule has 166 valence electrons. The number of hydrogen-bond donors (Lipinski definition) is 0. The van der Waals surface area contributed by atoms with Crippen molar-refractivity contribution in [2.24, 2.45) is 4.99 Å². The lowest BCUT2D eigenvalue weighted by atomic mass is 10.1. The molecule has 0 spiro atoms. The molecule has 1 atom stereocenters. The summed E-state index contributed by atoms with van der Waals surface area (Å²) >= 11 is 6.18. The largest absolute Gasteiger partial charge is 0.353 e. The van der Waals surface area contributed by atoms with Crippen molar-refractivity contribution < 1.29 is 14.3 Å². The molecule has 0 saturated carbocycles. The van der Waals surface area contributed by atoms with E-state index in [1.807, 2.05) is 32.9 Å². The second kappa shape index (κ2) is 9.90. The molecule has 2 aliphatic rings. The maximum atomic E-state index is 13.4. The van der Waals surface area contributed by atoms with Crippen LogP contribution in [0.3, 0.4) is 0 Å². The number of nitrogens with zero attached hydrogens (tertiary/aromatic N) is 3. The van der Waals surface area contributed by atoms with Gasteiger partial charge in [-0.3, -0.25) is 14.7 Å². The SMILES string of the molecule is C=NC(/C=C1/C(=O)N(C(C)(C)C)c2ncccc21)=C(\C=C(/C)Cl)COC1CCCCO1. The van der Waals surface area contributed by atoms with Crippen LogP contribution >= 0.6 is 11.6 Å². The summed E-state index contributed by atoms with van der Waals surface area (Å²) in [4.78, 5) is 23.7. The first kappa shape index (κ1) is 23.4. The van der Waals surface area contributed by atoms with Gasteiger partial charge in [0.1, 0.15) is 5.82 Å². The van der Waals surface area contributed by atoms with Crippen LogP contribution in [0.5, 0.6) is 0 Å². The summed E-state index contributed by atoms with van der Waals surface area (Å²) in [7, 11) is 0. The molecule has 0 aromatic carbocycles. The van der Waals surface area contributed by atoms with Crippen molar-refractivity contribution in [3.8, 4) is 0 Å². The zero-order valence-electron chi connectivity index (χ0n) is 18.7. The quantitative estimate of drug-likeness (QED) is 0.342. The van der Waals surface area contributed by atoms with Gasteiger partial charge >= 0.3 is 0 Å². The minimum absolute atomic E-state index is 0.121. The van der Waals surface area contributed by atoms with Gasteiger partial charge in [0.25, 0.3) is 5.91 Å². The van der Waals surface area contributed by atoms with Crippen molar-refractivity contribution in [3.05, 3.63) is 52.3 Å². The second-order valence-electron chi connectivity index (χ2n) is 8.65. The van der Waals surface area contributed by atoms with Crippen molar-refractivity contribution in [1.29, 1.82) is 0 Å². The summed E-state index contributed by atoms with van der Waals surface area (Å²) < 4.78 is 11.6. The van der Waals surface area contributed by atoms with Gasteiger partial charge in [0.15, 0.2) is 6.29 Å². The molecule has 7 heteroatoms. The number of pyridine rings is 1. The Kier molecular flexibility index (Phi) is 7.46. The summed E-state index contributed by atoms with van der Waals surface area (Å²) in [5.74, 6) is 0.525. The van der Waals surface area contributed by atoms with Gasteiger partial charge < -0.3 is 9.47 Å². The topological polar surface area (TPSA) is 64.0 Å². The molecule has 1 amide bonds. The third-order valence-electron chi connectivity index (χ3n) is 5.11. The van der Waals surface area contributed by atoms with Crippen molar-refractivity contribution in [2.75, 3.05) is 18.1 Å². The molecule has 6 nitrogen and oxygen atoms in total. The Balaban J connectivity index is 2.01. The van der Waals surface area contributed by atoms with Crippen LogP contribution in [0.2, 0.25) is 0 Å². The fourth-order valence-corrected chi connectivity index (χ4v) is 3.84. The zero-order valence-corrected chi connectivity index (χ0v) is 19.4. The molecule has 31 heavy (non-hydrogen) atoms. The van der Waals surface area contributed by atoms with Crippen molar-refractivity contribution in [3.63, 3.8) is 0 Å². The number of aromatic nitrogens is 1. The smallest absolute Gasteiger partial charge is 0.260 e. The molecule has 3 heterocycles. The lowest BCUT2D eigenvalue weighted by molar-refractivity contribution is -0.156. The fraction of sp³-hybridized carbons (Fsp3) is 0.458. The highest BCUT2D eigenvalue weighted by Gasteiger charge is 2.40. The molecule has 0 N–H and O–H groups in total. The minimum Gasteiger partial charge on any atom is -0.353 e. The van der Waals surface area contributed by atoms with E-state index in [0.717, 1.165) is 30.4 Å². The molecule has 1 saturated heterocycles. The number of halogens is 1.